The Morgan fingerprint density at radius 1 is 0.933 bits per heavy atom. The average molecular weight is 203 g/mol. The molecular weight excluding hydrogens is 194 g/mol. The molecule has 0 saturated carbocycles. The largest absolute Gasteiger partial charge is 0.449 e. The van der Waals surface area contributed by atoms with Gasteiger partial charge in [0.2, 0.25) is 5.75 Å². The predicted octanol–water partition coefficient (Wildman–Crippen LogP) is 0.828. The highest BCUT2D eigenvalue weighted by Gasteiger charge is 2.09. The number of aromatic nitrogens is 3. The Balaban J connectivity index is 2.32. The van der Waals surface area contributed by atoms with E-state index in [0.29, 0.717) is 5.75 Å². The van der Waals surface area contributed by atoms with E-state index >= 15 is 0 Å². The van der Waals surface area contributed by atoms with Crippen LogP contribution in [0.5, 0.6) is 11.5 Å². The molecule has 2 aromatic rings. The van der Waals surface area contributed by atoms with Gasteiger partial charge >= 0.3 is 0 Å². The fourth-order valence-electron chi connectivity index (χ4n) is 1.05. The van der Waals surface area contributed by atoms with Crippen LogP contribution in [0.15, 0.2) is 30.3 Å². The van der Waals surface area contributed by atoms with E-state index in [0.717, 1.165) is 0 Å². The first kappa shape index (κ1) is 9.20. The molecule has 1 aromatic heterocycles. The molecule has 1 aromatic carbocycles. The van der Waals surface area contributed by atoms with Crippen molar-refractivity contribution in [2.24, 2.45) is 0 Å². The lowest BCUT2D eigenvalue weighted by atomic mass is 10.3. The van der Waals surface area contributed by atoms with Crippen LogP contribution >= 0.6 is 0 Å². The van der Waals surface area contributed by atoms with Gasteiger partial charge in [-0.25, -0.2) is 0 Å². The Morgan fingerprint density at radius 2 is 1.53 bits per heavy atom. The third kappa shape index (κ3) is 1.93. The number of hydrogen-bond acceptors (Lipinski definition) is 6. The van der Waals surface area contributed by atoms with Gasteiger partial charge in [-0.2, -0.15) is 0 Å². The zero-order valence-corrected chi connectivity index (χ0v) is 7.79. The second-order valence-corrected chi connectivity index (χ2v) is 2.80. The number of nitrogen functional groups attached to an aromatic ring is 2. The molecule has 0 aliphatic carbocycles. The molecule has 4 N–H and O–H groups in total. The molecule has 0 atom stereocenters. The minimum Gasteiger partial charge on any atom is -0.449 e. The van der Waals surface area contributed by atoms with E-state index in [-0.39, 0.29) is 17.4 Å². The Morgan fingerprint density at radius 3 is 2.13 bits per heavy atom. The minimum atomic E-state index is 0.117. The first-order valence-electron chi connectivity index (χ1n) is 4.24. The van der Waals surface area contributed by atoms with Crippen LogP contribution < -0.4 is 16.2 Å². The first-order chi connectivity index (χ1) is 7.27. The summed E-state index contributed by atoms with van der Waals surface area (Å²) in [7, 11) is 0. The molecule has 0 aliphatic rings. The fraction of sp³-hybridized carbons (Fsp3) is 0. The van der Waals surface area contributed by atoms with Crippen LogP contribution in [-0.2, 0) is 0 Å². The molecular formula is C9H9N5O. The Hall–Kier alpha value is -2.37. The normalized spacial score (nSPS) is 9.87. The molecule has 0 fully saturated rings. The van der Waals surface area contributed by atoms with Gasteiger partial charge in [-0.3, -0.25) is 0 Å². The van der Waals surface area contributed by atoms with Crippen molar-refractivity contribution in [2.45, 2.75) is 0 Å². The smallest absolute Gasteiger partial charge is 0.215 e. The van der Waals surface area contributed by atoms with Gasteiger partial charge < -0.3 is 16.2 Å². The van der Waals surface area contributed by atoms with Gasteiger partial charge in [0.05, 0.1) is 0 Å². The maximum Gasteiger partial charge on any atom is 0.215 e. The Labute approximate surface area is 85.9 Å². The quantitative estimate of drug-likeness (QED) is 0.749. The monoisotopic (exact) mass is 203 g/mol. The summed E-state index contributed by atoms with van der Waals surface area (Å²) >= 11 is 0. The maximum atomic E-state index is 5.55. The summed E-state index contributed by atoms with van der Waals surface area (Å²) in [5, 5.41) is 10.5. The zero-order chi connectivity index (χ0) is 10.7. The zero-order valence-electron chi connectivity index (χ0n) is 7.79. The predicted molar refractivity (Wildman–Crippen MR) is 55.2 cm³/mol. The molecule has 0 bridgehead atoms. The van der Waals surface area contributed by atoms with Gasteiger partial charge in [0.1, 0.15) is 5.75 Å². The lowest BCUT2D eigenvalue weighted by molar-refractivity contribution is 0.480. The van der Waals surface area contributed by atoms with Gasteiger partial charge in [0.15, 0.2) is 11.6 Å². The molecule has 1 heterocycles. The van der Waals surface area contributed by atoms with E-state index in [1.54, 1.807) is 12.1 Å². The molecule has 0 radical (unpaired) electrons. The number of nitrogens with two attached hydrogens (primary N) is 2. The van der Waals surface area contributed by atoms with Gasteiger partial charge in [0, 0.05) is 0 Å². The number of nitrogens with zero attached hydrogens (tertiary/aromatic N) is 3. The van der Waals surface area contributed by atoms with Crippen molar-refractivity contribution < 1.29 is 4.74 Å². The molecule has 0 aliphatic heterocycles. The lowest BCUT2D eigenvalue weighted by Gasteiger charge is -2.07. The lowest BCUT2D eigenvalue weighted by Crippen LogP contribution is -2.04. The van der Waals surface area contributed by atoms with Crippen LogP contribution in [0.25, 0.3) is 0 Å². The van der Waals surface area contributed by atoms with Gasteiger partial charge in [0.25, 0.3) is 0 Å². The number of anilines is 2. The van der Waals surface area contributed by atoms with E-state index in [1.807, 2.05) is 18.2 Å². The van der Waals surface area contributed by atoms with E-state index in [1.165, 1.54) is 0 Å². The molecule has 0 spiro atoms. The van der Waals surface area contributed by atoms with Crippen LogP contribution in [0, 0.1) is 0 Å². The highest BCUT2D eigenvalue weighted by atomic mass is 16.5. The molecule has 15 heavy (non-hydrogen) atoms. The molecule has 6 nitrogen and oxygen atoms in total. The van der Waals surface area contributed by atoms with E-state index in [2.05, 4.69) is 15.4 Å². The molecule has 2 rings (SSSR count). The molecule has 0 unspecified atom stereocenters. The van der Waals surface area contributed by atoms with Gasteiger partial charge in [-0.05, 0) is 17.3 Å². The van der Waals surface area contributed by atoms with Gasteiger partial charge in [-0.15, -0.1) is 10.2 Å². The second kappa shape index (κ2) is 3.79. The van der Waals surface area contributed by atoms with Crippen LogP contribution in [0.1, 0.15) is 0 Å². The van der Waals surface area contributed by atoms with Crippen molar-refractivity contribution in [2.75, 3.05) is 11.5 Å². The summed E-state index contributed by atoms with van der Waals surface area (Å²) in [6, 6.07) is 9.11. The summed E-state index contributed by atoms with van der Waals surface area (Å²) in [5.74, 6) is 1.08. The summed E-state index contributed by atoms with van der Waals surface area (Å²) in [5.41, 5.74) is 11.1. The van der Waals surface area contributed by atoms with E-state index < -0.39 is 0 Å². The third-order valence-corrected chi connectivity index (χ3v) is 1.73. The van der Waals surface area contributed by atoms with E-state index in [4.69, 9.17) is 16.2 Å². The van der Waals surface area contributed by atoms with Crippen molar-refractivity contribution in [3.05, 3.63) is 30.3 Å². The highest BCUT2D eigenvalue weighted by Crippen LogP contribution is 2.28. The number of hydrogen-bond donors (Lipinski definition) is 2. The fourth-order valence-corrected chi connectivity index (χ4v) is 1.05. The number of para-hydroxylation sites is 1. The number of ether oxygens (including phenoxy) is 1. The molecule has 0 saturated heterocycles. The van der Waals surface area contributed by atoms with Crippen molar-refractivity contribution in [1.29, 1.82) is 0 Å². The third-order valence-electron chi connectivity index (χ3n) is 1.73. The number of benzene rings is 1. The summed E-state index contributed by atoms with van der Waals surface area (Å²) in [6.45, 7) is 0. The first-order valence-corrected chi connectivity index (χ1v) is 4.24. The summed E-state index contributed by atoms with van der Waals surface area (Å²) in [4.78, 5) is 0. The Kier molecular flexibility index (Phi) is 2.32. The molecule has 6 heteroatoms. The van der Waals surface area contributed by atoms with Crippen molar-refractivity contribution >= 4 is 11.6 Å². The average Bonchev–Trinajstić information content (AvgIpc) is 2.25. The Bertz CT molecular complexity index is 439. The van der Waals surface area contributed by atoms with Crippen molar-refractivity contribution in [3.8, 4) is 11.5 Å². The summed E-state index contributed by atoms with van der Waals surface area (Å²) in [6.07, 6.45) is 0. The second-order valence-electron chi connectivity index (χ2n) is 2.80. The molecule has 0 amide bonds. The van der Waals surface area contributed by atoms with Gasteiger partial charge in [-0.1, -0.05) is 18.2 Å². The topological polar surface area (TPSA) is 99.9 Å². The number of rotatable bonds is 2. The SMILES string of the molecule is Nc1nnnc(N)c1Oc1ccccc1. The summed E-state index contributed by atoms with van der Waals surface area (Å²) < 4.78 is 5.42. The standard InChI is InChI=1S/C9H9N5O/c10-8-7(9(11)13-14-12-8)15-6-4-2-1-3-5-6/h1-5H,(H4,10,11,12,13). The minimum absolute atomic E-state index is 0.117. The van der Waals surface area contributed by atoms with Crippen LogP contribution in [-0.4, -0.2) is 15.4 Å². The van der Waals surface area contributed by atoms with Crippen LogP contribution in [0.3, 0.4) is 0 Å². The molecule has 76 valence electrons. The van der Waals surface area contributed by atoms with Crippen molar-refractivity contribution in [1.82, 2.24) is 15.4 Å². The van der Waals surface area contributed by atoms with E-state index in [9.17, 15) is 0 Å². The van der Waals surface area contributed by atoms with Crippen LogP contribution in [0.4, 0.5) is 11.6 Å². The highest BCUT2D eigenvalue weighted by molar-refractivity contribution is 5.59. The van der Waals surface area contributed by atoms with Crippen LogP contribution in [0.2, 0.25) is 0 Å². The maximum absolute atomic E-state index is 5.55. The van der Waals surface area contributed by atoms with Crippen molar-refractivity contribution in [3.63, 3.8) is 0 Å².